The molecule has 3 atom stereocenters. The number of fused-ring (bicyclic) bond motifs is 3. The van der Waals surface area contributed by atoms with Crippen LogP contribution < -0.4 is 74.5 Å². The predicted octanol–water partition coefficient (Wildman–Crippen LogP) is 19.9. The Kier molecular flexibility index (Phi) is 31.7. The van der Waals surface area contributed by atoms with Gasteiger partial charge >= 0.3 is 0 Å². The van der Waals surface area contributed by atoms with Gasteiger partial charge in [0.15, 0.2) is 74.8 Å². The largest absolute Gasteiger partial charge is 0.541 e. The van der Waals surface area contributed by atoms with Crippen molar-refractivity contribution in [2.45, 2.75) is 219 Å². The molecule has 3 aliphatic rings. The minimum atomic E-state index is -2.27. The van der Waals surface area contributed by atoms with E-state index in [0.717, 1.165) is 54.9 Å². The highest BCUT2D eigenvalue weighted by Crippen LogP contribution is 2.55. The highest BCUT2D eigenvalue weighted by atomic mass is 79.9. The van der Waals surface area contributed by atoms with Gasteiger partial charge in [0.1, 0.15) is 0 Å². The number of hydrogen-bond donors (Lipinski definition) is 5. The fourth-order valence-corrected chi connectivity index (χ4v) is 16.8. The summed E-state index contributed by atoms with van der Waals surface area (Å²) in [5.41, 5.74) is 7.64. The van der Waals surface area contributed by atoms with Crippen LogP contribution in [0.15, 0.2) is 71.2 Å². The van der Waals surface area contributed by atoms with Crippen LogP contribution in [0.3, 0.4) is 0 Å². The highest BCUT2D eigenvalue weighted by Gasteiger charge is 2.45. The van der Waals surface area contributed by atoms with E-state index in [1.807, 2.05) is 36.4 Å². The van der Waals surface area contributed by atoms with E-state index in [1.165, 1.54) is 54.8 Å². The number of phenols is 2. The molecule has 3 unspecified atom stereocenters. The average molecular weight is 1720 g/mol. The van der Waals surface area contributed by atoms with E-state index in [4.69, 9.17) is 74.5 Å². The normalized spacial score (nSPS) is 15.9. The number of hydrogen-bond acceptors (Lipinski definition) is 22. The summed E-state index contributed by atoms with van der Waals surface area (Å²) in [6, 6.07) is 16.4. The first-order valence-corrected chi connectivity index (χ1v) is 50.8. The number of carbonyl (C=O) groups excluding carboxylic acids is 1. The summed E-state index contributed by atoms with van der Waals surface area (Å²) < 4.78 is 94.4. The van der Waals surface area contributed by atoms with Crippen LogP contribution >= 0.6 is 15.9 Å². The summed E-state index contributed by atoms with van der Waals surface area (Å²) in [6.45, 7) is 44.5. The van der Waals surface area contributed by atoms with E-state index in [-0.39, 0.29) is 49.6 Å². The molecule has 22 nitrogen and oxygen atoms in total. The van der Waals surface area contributed by atoms with Crippen LogP contribution in [0.2, 0.25) is 72.5 Å². The van der Waals surface area contributed by atoms with Crippen LogP contribution in [-0.4, -0.2) is 168 Å². The van der Waals surface area contributed by atoms with Crippen LogP contribution in [-0.2, 0) is 19.3 Å². The van der Waals surface area contributed by atoms with Crippen molar-refractivity contribution in [1.29, 1.82) is 0 Å². The maximum Gasteiger partial charge on any atom is 0.250 e. The molecule has 6 aromatic rings. The number of aromatic hydroxyl groups is 2. The van der Waals surface area contributed by atoms with E-state index >= 15 is 0 Å². The van der Waals surface area contributed by atoms with Crippen molar-refractivity contribution in [2.24, 2.45) is 0 Å². The minimum Gasteiger partial charge on any atom is -0.541 e. The first kappa shape index (κ1) is 94.9. The highest BCUT2D eigenvalue weighted by molar-refractivity contribution is 9.10. The Balaban J connectivity index is 0.000000247. The second kappa shape index (κ2) is 38.0. The number of methoxy groups -OCH3 is 12. The molecular weight excluding hydrogens is 1590 g/mol. The van der Waals surface area contributed by atoms with Crippen LogP contribution in [0.25, 0.3) is 11.1 Å². The van der Waals surface area contributed by atoms with Gasteiger partial charge in [-0.2, -0.15) is 0 Å². The number of halogens is 1. The Morgan fingerprint density at radius 2 is 0.596 bits per heavy atom. The molecule has 114 heavy (non-hydrogen) atoms. The third-order valence-corrected chi connectivity index (χ3v) is 40.7. The zero-order valence-electron chi connectivity index (χ0n) is 73.6. The second-order valence-corrected chi connectivity index (χ2v) is 54.5. The molecule has 0 bridgehead atoms. The first-order valence-electron chi connectivity index (χ1n) is 38.3. The molecule has 632 valence electrons. The molecule has 0 heterocycles. The SMILES string of the molecule is COc1c(O[Si](C)(C)C(C)(C)C)cc(Br)cc1O[Si](C)(C)C(C)(C)C.COc1cc2c(c(OC)c1OC)CCC(O)C=C2c1cc(O)c(OC)c(O)c1.COc1cc2c(c(OC)c1OC)CCC(O)C=C2c1cc(O[Si](C)(C)C(C)(C)C)c(OC)c(O[Si](C)(C)C(C)(C)C)c1.COc1cc2c(c(OC)c1OC)CCC(O)CC2=O. The number of carbonyl (C=O) groups is 1. The van der Waals surface area contributed by atoms with Gasteiger partial charge in [0.05, 0.1) is 104 Å². The lowest BCUT2D eigenvalue weighted by atomic mass is 9.92. The lowest BCUT2D eigenvalue weighted by Gasteiger charge is -2.39. The topological polar surface area (TPSA) is 266 Å². The molecular formula is C87H129BrO22Si4. The Morgan fingerprint density at radius 1 is 0.333 bits per heavy atom. The number of Topliss-reactive ketones (excluding diaryl/α,β-unsaturated/α-hetero) is 1. The minimum absolute atomic E-state index is 0.0105. The van der Waals surface area contributed by atoms with E-state index in [9.17, 15) is 30.3 Å². The third-order valence-electron chi connectivity index (χ3n) is 22.9. The number of benzene rings is 6. The van der Waals surface area contributed by atoms with Gasteiger partial charge < -0.3 is 100 Å². The molecule has 3 aliphatic carbocycles. The Labute approximate surface area is 690 Å². The number of ether oxygens (including phenoxy) is 12. The summed E-state index contributed by atoms with van der Waals surface area (Å²) in [5, 5.41) is 51.8. The van der Waals surface area contributed by atoms with Crippen molar-refractivity contribution < 1.29 is 105 Å². The number of aliphatic hydroxyl groups is 3. The number of rotatable bonds is 22. The van der Waals surface area contributed by atoms with E-state index < -0.39 is 51.6 Å². The van der Waals surface area contributed by atoms with Crippen molar-refractivity contribution in [3.63, 3.8) is 0 Å². The van der Waals surface area contributed by atoms with Crippen LogP contribution in [0.5, 0.6) is 103 Å². The van der Waals surface area contributed by atoms with Gasteiger partial charge in [0.25, 0.3) is 33.3 Å². The number of aliphatic hydroxyl groups excluding tert-OH is 3. The molecule has 6 aromatic carbocycles. The molecule has 0 amide bonds. The Bertz CT molecular complexity index is 4300. The average Bonchev–Trinajstić information content (AvgIpc) is 1.26. The molecule has 0 saturated carbocycles. The zero-order valence-corrected chi connectivity index (χ0v) is 79.2. The molecule has 0 radical (unpaired) electrons. The van der Waals surface area contributed by atoms with Gasteiger partial charge in [0, 0.05) is 33.1 Å². The van der Waals surface area contributed by atoms with Crippen molar-refractivity contribution in [3.05, 3.63) is 116 Å². The molecule has 0 spiro atoms. The maximum atomic E-state index is 12.1. The van der Waals surface area contributed by atoms with Crippen molar-refractivity contribution in [2.75, 3.05) is 85.3 Å². The fraction of sp³-hybridized carbons (Fsp3) is 0.529. The summed E-state index contributed by atoms with van der Waals surface area (Å²) in [7, 11) is 10.2. The molecule has 0 aliphatic heterocycles. The van der Waals surface area contributed by atoms with Crippen LogP contribution in [0, 0.1) is 0 Å². The van der Waals surface area contributed by atoms with Gasteiger partial charge in [-0.15, -0.1) is 0 Å². The number of ketones is 1. The van der Waals surface area contributed by atoms with Crippen LogP contribution in [0.4, 0.5) is 0 Å². The third kappa shape index (κ3) is 21.5. The van der Waals surface area contributed by atoms with Gasteiger partial charge in [-0.1, -0.05) is 99.0 Å². The lowest BCUT2D eigenvalue weighted by Crippen LogP contribution is -2.44. The standard InChI is InChI=1S/C33H52O7Si2.C21H24O7.C19H35BrO3Si2.C14H18O5/c1-32(2,3)41(11,12)39-27-17-21(18-28(30(27)37-9)40-42(13,14)33(4,5)6)24-19-22(34)15-16-23-25(24)20-26(35-7)31(38-10)29(23)36-8;1-25-18-10-15-13(19(26-2)21(18)28-4)6-5-12(22)9-14(15)11-7-16(23)20(27-3)17(24)8-11;1-18(2,3)24(8,9)22-15-12-14(20)13-16(17(15)21-7)23-25(10,11)19(4,5)6;1-17-12-7-10-9(13(18-2)14(12)19-3)5-4-8(15)6-11(10)16/h17-20,22,34H,15-16H2,1-14H3;7-10,12,22-24H,5-6H2,1-4H3;12-13H,1-11H3;7-8,15H,4-6H2,1-3H3. The molecule has 27 heteroatoms. The monoisotopic (exact) mass is 1720 g/mol. The second-order valence-electron chi connectivity index (χ2n) is 34.6. The molecule has 0 aromatic heterocycles. The molecule has 9 rings (SSSR count). The summed E-state index contributed by atoms with van der Waals surface area (Å²) in [5.74, 6) is 8.20. The maximum absolute atomic E-state index is 12.1. The Morgan fingerprint density at radius 3 is 0.877 bits per heavy atom. The molecule has 0 fully saturated rings. The fourth-order valence-electron chi connectivity index (χ4n) is 12.3. The summed E-state index contributed by atoms with van der Waals surface area (Å²) in [6.07, 6.45) is 5.04. The van der Waals surface area contributed by atoms with Crippen molar-refractivity contribution in [3.8, 4) is 103 Å². The zero-order chi connectivity index (χ0) is 86.1. The van der Waals surface area contributed by atoms with E-state index in [2.05, 4.69) is 151 Å². The Hall–Kier alpha value is -7.90. The summed E-state index contributed by atoms with van der Waals surface area (Å²) >= 11 is 3.61. The van der Waals surface area contributed by atoms with Gasteiger partial charge in [-0.25, -0.2) is 0 Å². The summed E-state index contributed by atoms with van der Waals surface area (Å²) in [4.78, 5) is 12.1. The van der Waals surface area contributed by atoms with Crippen molar-refractivity contribution >= 4 is 66.1 Å². The quantitative estimate of drug-likeness (QED) is 0.0312. The van der Waals surface area contributed by atoms with E-state index in [0.29, 0.717) is 130 Å². The first-order chi connectivity index (χ1) is 52.9. The van der Waals surface area contributed by atoms with Gasteiger partial charge in [-0.05, 0) is 211 Å². The smallest absolute Gasteiger partial charge is 0.250 e. The predicted molar refractivity (Wildman–Crippen MR) is 466 cm³/mol. The molecule has 0 saturated heterocycles. The molecule has 5 N–H and O–H groups in total. The van der Waals surface area contributed by atoms with Gasteiger partial charge in [0.2, 0.25) is 34.5 Å². The van der Waals surface area contributed by atoms with E-state index in [1.54, 1.807) is 60.9 Å². The van der Waals surface area contributed by atoms with Crippen molar-refractivity contribution in [1.82, 2.24) is 0 Å². The van der Waals surface area contributed by atoms with Crippen LogP contribution in [0.1, 0.15) is 158 Å². The van der Waals surface area contributed by atoms with Gasteiger partial charge in [-0.3, -0.25) is 4.79 Å². The lowest BCUT2D eigenvalue weighted by molar-refractivity contribution is 0.0881. The number of phenolic OH excluding ortho intramolecular Hbond substituents is 2.